The molecule has 0 spiro atoms. The number of nitrogens with zero attached hydrogens (tertiary/aromatic N) is 5. The van der Waals surface area contributed by atoms with E-state index < -0.39 is 50.7 Å². The highest BCUT2D eigenvalue weighted by atomic mass is 32.2. The molecule has 39 heavy (non-hydrogen) atoms. The van der Waals surface area contributed by atoms with Crippen LogP contribution in [-0.4, -0.2) is 84.4 Å². The van der Waals surface area contributed by atoms with Crippen LogP contribution in [0.5, 0.6) is 0 Å². The molecule has 1 saturated heterocycles. The fraction of sp³-hybridized carbons (Fsp3) is 0.455. The standard InChI is InChI=1S/C22H27N7O7S3/c1-11(2)8-14(39(23,35)36)29-22(25-26-27-29)38-10-13-9-37-20-15(19(32)28(20)16(13)21(33)34)24-18(31)17(30)12-6-4-3-5-7-12/h3-7,11,14-15,17,20,30H,8-10H2,1-2H3,(H,24,31)(H,33,34)(H2,23,35,36)/t14?,15?,17-,20-/m1/s1. The number of primary sulfonamides is 1. The van der Waals surface area contributed by atoms with E-state index in [-0.39, 0.29) is 34.7 Å². The third kappa shape index (κ3) is 6.11. The molecule has 17 heteroatoms. The summed E-state index contributed by atoms with van der Waals surface area (Å²) >= 11 is 2.29. The van der Waals surface area contributed by atoms with Gasteiger partial charge in [-0.05, 0) is 33.9 Å². The summed E-state index contributed by atoms with van der Waals surface area (Å²) in [5.41, 5.74) is 0.553. The lowest BCUT2D eigenvalue weighted by atomic mass is 10.0. The van der Waals surface area contributed by atoms with Gasteiger partial charge in [0.25, 0.3) is 11.8 Å². The summed E-state index contributed by atoms with van der Waals surface area (Å²) in [6.07, 6.45) is -1.31. The Kier molecular flexibility index (Phi) is 8.65. The second-order valence-corrected chi connectivity index (χ2v) is 13.1. The number of fused-ring (bicyclic) bond motifs is 1. The average Bonchev–Trinajstić information content (AvgIpc) is 3.35. The lowest BCUT2D eigenvalue weighted by Crippen LogP contribution is -2.70. The van der Waals surface area contributed by atoms with Crippen molar-refractivity contribution in [1.29, 1.82) is 0 Å². The highest BCUT2D eigenvalue weighted by molar-refractivity contribution is 8.01. The molecule has 0 saturated carbocycles. The van der Waals surface area contributed by atoms with E-state index in [1.807, 2.05) is 13.8 Å². The maximum Gasteiger partial charge on any atom is 0.352 e. The number of aliphatic carboxylic acids is 1. The zero-order valence-electron chi connectivity index (χ0n) is 20.9. The summed E-state index contributed by atoms with van der Waals surface area (Å²) in [6, 6.07) is 7.23. The molecule has 2 aliphatic rings. The molecule has 0 aliphatic carbocycles. The fourth-order valence-electron chi connectivity index (χ4n) is 4.20. The van der Waals surface area contributed by atoms with Gasteiger partial charge >= 0.3 is 5.97 Å². The van der Waals surface area contributed by atoms with Crippen molar-refractivity contribution in [3.05, 3.63) is 47.2 Å². The Morgan fingerprint density at radius 2 is 1.97 bits per heavy atom. The van der Waals surface area contributed by atoms with E-state index in [9.17, 15) is 33.0 Å². The normalized spacial score (nSPS) is 20.8. The van der Waals surface area contributed by atoms with E-state index in [0.29, 0.717) is 11.1 Å². The smallest absolute Gasteiger partial charge is 0.352 e. The van der Waals surface area contributed by atoms with Gasteiger partial charge in [-0.1, -0.05) is 55.9 Å². The number of carbonyl (C=O) groups excluding carboxylic acids is 2. The van der Waals surface area contributed by atoms with Crippen molar-refractivity contribution in [2.75, 3.05) is 11.5 Å². The number of amides is 2. The summed E-state index contributed by atoms with van der Waals surface area (Å²) in [5.74, 6) is -2.43. The molecular formula is C22H27N7O7S3. The van der Waals surface area contributed by atoms with Gasteiger partial charge in [0, 0.05) is 11.5 Å². The minimum absolute atomic E-state index is 0.0250. The third-order valence-electron chi connectivity index (χ3n) is 6.07. The molecule has 3 heterocycles. The number of β-lactam (4-membered cyclic amide) rings is 1. The van der Waals surface area contributed by atoms with Gasteiger partial charge in [0.1, 0.15) is 17.1 Å². The number of rotatable bonds is 11. The molecule has 4 atom stereocenters. The molecular weight excluding hydrogens is 570 g/mol. The van der Waals surface area contributed by atoms with Gasteiger partial charge < -0.3 is 15.5 Å². The Labute approximate surface area is 232 Å². The molecule has 1 aromatic carbocycles. The minimum atomic E-state index is -4.04. The fourth-order valence-corrected chi connectivity index (χ4v) is 7.75. The molecule has 210 valence electrons. The van der Waals surface area contributed by atoms with Crippen molar-refractivity contribution in [3.8, 4) is 0 Å². The molecule has 4 rings (SSSR count). The highest BCUT2D eigenvalue weighted by Gasteiger charge is 2.54. The van der Waals surface area contributed by atoms with E-state index in [1.165, 1.54) is 11.8 Å². The van der Waals surface area contributed by atoms with Crippen LogP contribution < -0.4 is 10.5 Å². The highest BCUT2D eigenvalue weighted by Crippen LogP contribution is 2.42. The maximum absolute atomic E-state index is 12.9. The number of thioether (sulfide) groups is 2. The van der Waals surface area contributed by atoms with Crippen molar-refractivity contribution in [1.82, 2.24) is 30.4 Å². The van der Waals surface area contributed by atoms with Crippen molar-refractivity contribution in [2.45, 2.75) is 48.3 Å². The van der Waals surface area contributed by atoms with Crippen LogP contribution in [0.25, 0.3) is 0 Å². The van der Waals surface area contributed by atoms with Crippen molar-refractivity contribution < 1.29 is 33.0 Å². The van der Waals surface area contributed by atoms with E-state index in [0.717, 1.165) is 21.3 Å². The van der Waals surface area contributed by atoms with Crippen LogP contribution >= 0.6 is 23.5 Å². The number of carbonyl (C=O) groups is 3. The van der Waals surface area contributed by atoms with Crippen LogP contribution in [0.3, 0.4) is 0 Å². The van der Waals surface area contributed by atoms with Gasteiger partial charge in [-0.2, -0.15) is 0 Å². The molecule has 2 aromatic rings. The first-order valence-electron chi connectivity index (χ1n) is 11.8. The largest absolute Gasteiger partial charge is 0.477 e. The lowest BCUT2D eigenvalue weighted by Gasteiger charge is -2.49. The molecule has 1 aromatic heterocycles. The predicted octanol–water partition coefficient (Wildman–Crippen LogP) is 0.0706. The van der Waals surface area contributed by atoms with Crippen LogP contribution in [-0.2, 0) is 24.4 Å². The topological polar surface area (TPSA) is 211 Å². The van der Waals surface area contributed by atoms with Crippen LogP contribution in [0.15, 0.2) is 46.8 Å². The summed E-state index contributed by atoms with van der Waals surface area (Å²) in [4.78, 5) is 38.8. The van der Waals surface area contributed by atoms with Crippen molar-refractivity contribution in [3.63, 3.8) is 0 Å². The number of sulfonamides is 1. The number of tetrazole rings is 1. The van der Waals surface area contributed by atoms with Gasteiger partial charge in [0.15, 0.2) is 11.5 Å². The first kappa shape index (κ1) is 29.0. The Balaban J connectivity index is 1.49. The van der Waals surface area contributed by atoms with E-state index in [2.05, 4.69) is 20.8 Å². The molecule has 0 radical (unpaired) electrons. The number of aromatic nitrogens is 4. The molecule has 2 aliphatic heterocycles. The molecule has 2 unspecified atom stereocenters. The third-order valence-corrected chi connectivity index (χ3v) is 9.58. The predicted molar refractivity (Wildman–Crippen MR) is 141 cm³/mol. The van der Waals surface area contributed by atoms with E-state index in [1.54, 1.807) is 30.3 Å². The van der Waals surface area contributed by atoms with Crippen LogP contribution in [0.1, 0.15) is 37.3 Å². The number of aliphatic hydroxyl groups excluding tert-OH is 1. The van der Waals surface area contributed by atoms with Crippen LogP contribution in [0.2, 0.25) is 0 Å². The van der Waals surface area contributed by atoms with Gasteiger partial charge in [0.05, 0.1) is 0 Å². The van der Waals surface area contributed by atoms with Gasteiger partial charge in [-0.25, -0.2) is 23.0 Å². The average molecular weight is 598 g/mol. The molecule has 2 amide bonds. The summed E-state index contributed by atoms with van der Waals surface area (Å²) in [5, 5.41) is 37.7. The van der Waals surface area contributed by atoms with Crippen LogP contribution in [0, 0.1) is 5.92 Å². The molecule has 5 N–H and O–H groups in total. The van der Waals surface area contributed by atoms with Crippen molar-refractivity contribution >= 4 is 51.3 Å². The second kappa shape index (κ2) is 11.6. The van der Waals surface area contributed by atoms with Crippen LogP contribution in [0.4, 0.5) is 0 Å². The first-order chi connectivity index (χ1) is 18.4. The Morgan fingerprint density at radius 3 is 2.59 bits per heavy atom. The Morgan fingerprint density at radius 1 is 1.28 bits per heavy atom. The summed E-state index contributed by atoms with van der Waals surface area (Å²) < 4.78 is 25.5. The SMILES string of the molecule is CC(C)CC(n1nnnc1SCC1=C(C(=O)O)N2C(=O)C(NC(=O)[C@H](O)c3ccccc3)[C@H]2SC1)S(N)(=O)=O. The zero-order chi connectivity index (χ0) is 28.5. The summed E-state index contributed by atoms with van der Waals surface area (Å²) in [7, 11) is -4.04. The number of carboxylic acid groups (broad SMARTS) is 1. The number of carboxylic acids is 1. The maximum atomic E-state index is 12.9. The Hall–Kier alpha value is -2.99. The van der Waals surface area contributed by atoms with E-state index >= 15 is 0 Å². The minimum Gasteiger partial charge on any atom is -0.477 e. The number of benzene rings is 1. The van der Waals surface area contributed by atoms with Gasteiger partial charge in [0.2, 0.25) is 15.2 Å². The van der Waals surface area contributed by atoms with Crippen molar-refractivity contribution in [2.24, 2.45) is 11.1 Å². The number of hydrogen-bond donors (Lipinski definition) is 4. The Bertz CT molecular complexity index is 1400. The van der Waals surface area contributed by atoms with Gasteiger partial charge in [-0.15, -0.1) is 16.9 Å². The van der Waals surface area contributed by atoms with E-state index in [4.69, 9.17) is 5.14 Å². The lowest BCUT2D eigenvalue weighted by molar-refractivity contribution is -0.151. The number of hydrogen-bond acceptors (Lipinski definition) is 11. The second-order valence-electron chi connectivity index (χ2n) is 9.33. The zero-order valence-corrected chi connectivity index (χ0v) is 23.3. The monoisotopic (exact) mass is 597 g/mol. The number of nitrogens with two attached hydrogens (primary N) is 1. The summed E-state index contributed by atoms with van der Waals surface area (Å²) in [6.45, 7) is 3.66. The number of nitrogens with one attached hydrogen (secondary N) is 1. The quantitative estimate of drug-likeness (QED) is 0.200. The molecule has 14 nitrogen and oxygen atoms in total. The molecule has 0 bridgehead atoms. The number of aliphatic hydroxyl groups is 1. The molecule has 1 fully saturated rings. The van der Waals surface area contributed by atoms with Gasteiger partial charge in [-0.3, -0.25) is 14.5 Å². The first-order valence-corrected chi connectivity index (χ1v) is 15.4.